The Hall–Kier alpha value is -1.68. The predicted molar refractivity (Wildman–Crippen MR) is 93.5 cm³/mol. The Morgan fingerprint density at radius 3 is 2.68 bits per heavy atom. The minimum atomic E-state index is 0.499. The van der Waals surface area contributed by atoms with Crippen molar-refractivity contribution in [3.63, 3.8) is 0 Å². The molecule has 0 aromatic carbocycles. The van der Waals surface area contributed by atoms with E-state index in [1.165, 1.54) is 16.7 Å². The number of piperazine rings is 1. The first-order valence-electron chi connectivity index (χ1n) is 8.15. The van der Waals surface area contributed by atoms with E-state index in [9.17, 15) is 0 Å². The van der Waals surface area contributed by atoms with Crippen LogP contribution in [0.15, 0.2) is 23.8 Å². The number of allylic oxidation sites excluding steroid dienone is 4. The lowest BCUT2D eigenvalue weighted by atomic mass is 10.0. The van der Waals surface area contributed by atoms with Crippen molar-refractivity contribution in [2.75, 3.05) is 24.5 Å². The highest BCUT2D eigenvalue weighted by atomic mass is 15.3. The van der Waals surface area contributed by atoms with E-state index < -0.39 is 0 Å². The first kappa shape index (κ1) is 16.7. The van der Waals surface area contributed by atoms with Crippen LogP contribution >= 0.6 is 0 Å². The molecule has 0 saturated carbocycles. The largest absolute Gasteiger partial charge is 0.352 e. The van der Waals surface area contributed by atoms with Crippen LogP contribution in [0, 0.1) is 13.8 Å². The standard InChI is InChI=1S/C18H28N4/c1-6-8-16(7-2)11-17-14(4)15(5)18(21-20-17)22-10-9-19-13(3)12-22/h6-8,13,19H,9-12H2,1-5H3. The zero-order chi connectivity index (χ0) is 16.1. The molecule has 1 N–H and O–H groups in total. The van der Waals surface area contributed by atoms with Gasteiger partial charge in [-0.2, -0.15) is 5.10 Å². The summed E-state index contributed by atoms with van der Waals surface area (Å²) in [5.74, 6) is 1.04. The average molecular weight is 300 g/mol. The molecule has 0 bridgehead atoms. The van der Waals surface area contributed by atoms with Crippen LogP contribution in [0.2, 0.25) is 0 Å². The van der Waals surface area contributed by atoms with E-state index in [1.807, 2.05) is 6.92 Å². The van der Waals surface area contributed by atoms with E-state index in [0.717, 1.165) is 37.6 Å². The molecule has 4 heteroatoms. The van der Waals surface area contributed by atoms with Gasteiger partial charge >= 0.3 is 0 Å². The Morgan fingerprint density at radius 1 is 1.27 bits per heavy atom. The van der Waals surface area contributed by atoms with E-state index in [2.05, 4.69) is 66.3 Å². The smallest absolute Gasteiger partial charge is 0.154 e. The molecular weight excluding hydrogens is 272 g/mol. The van der Waals surface area contributed by atoms with Gasteiger partial charge < -0.3 is 10.2 Å². The third-order valence-electron chi connectivity index (χ3n) is 4.39. The molecule has 1 atom stereocenters. The zero-order valence-corrected chi connectivity index (χ0v) is 14.5. The van der Waals surface area contributed by atoms with Gasteiger partial charge in [-0.1, -0.05) is 18.2 Å². The molecule has 2 rings (SSSR count). The predicted octanol–water partition coefficient (Wildman–Crippen LogP) is 2.96. The molecule has 1 aliphatic heterocycles. The third-order valence-corrected chi connectivity index (χ3v) is 4.39. The van der Waals surface area contributed by atoms with Crippen molar-refractivity contribution < 1.29 is 0 Å². The van der Waals surface area contributed by atoms with Gasteiger partial charge in [0.05, 0.1) is 5.69 Å². The minimum absolute atomic E-state index is 0.499. The summed E-state index contributed by atoms with van der Waals surface area (Å²) in [6.45, 7) is 13.7. The molecular formula is C18H28N4. The lowest BCUT2D eigenvalue weighted by Crippen LogP contribution is -2.49. The Bertz CT molecular complexity index is 575. The van der Waals surface area contributed by atoms with Crippen LogP contribution < -0.4 is 10.2 Å². The highest BCUT2D eigenvalue weighted by Gasteiger charge is 2.20. The number of rotatable bonds is 4. The fourth-order valence-electron chi connectivity index (χ4n) is 2.90. The molecule has 1 aliphatic rings. The van der Waals surface area contributed by atoms with E-state index >= 15 is 0 Å². The summed E-state index contributed by atoms with van der Waals surface area (Å²) < 4.78 is 0. The number of aromatic nitrogens is 2. The van der Waals surface area contributed by atoms with Crippen LogP contribution in [0.4, 0.5) is 5.82 Å². The number of hydrogen-bond acceptors (Lipinski definition) is 4. The van der Waals surface area contributed by atoms with Gasteiger partial charge in [0.1, 0.15) is 0 Å². The van der Waals surface area contributed by atoms with Gasteiger partial charge in [-0.25, -0.2) is 0 Å². The molecule has 1 aromatic heterocycles. The Labute approximate surface area is 134 Å². The Morgan fingerprint density at radius 2 is 2.05 bits per heavy atom. The monoisotopic (exact) mass is 300 g/mol. The van der Waals surface area contributed by atoms with E-state index in [0.29, 0.717) is 6.04 Å². The van der Waals surface area contributed by atoms with Gasteiger partial charge in [0, 0.05) is 32.1 Å². The van der Waals surface area contributed by atoms with Gasteiger partial charge in [-0.3, -0.25) is 0 Å². The van der Waals surface area contributed by atoms with Gasteiger partial charge in [0.15, 0.2) is 5.82 Å². The summed E-state index contributed by atoms with van der Waals surface area (Å²) in [6, 6.07) is 0.499. The zero-order valence-electron chi connectivity index (χ0n) is 14.5. The van der Waals surface area contributed by atoms with Gasteiger partial charge in [-0.05, 0) is 51.3 Å². The van der Waals surface area contributed by atoms with Crippen molar-refractivity contribution >= 4 is 5.82 Å². The molecule has 0 aliphatic carbocycles. The van der Waals surface area contributed by atoms with E-state index in [1.54, 1.807) is 0 Å². The second-order valence-corrected chi connectivity index (χ2v) is 6.06. The van der Waals surface area contributed by atoms with Crippen molar-refractivity contribution in [3.8, 4) is 0 Å². The van der Waals surface area contributed by atoms with Crippen molar-refractivity contribution in [2.45, 2.75) is 47.1 Å². The number of anilines is 1. The quantitative estimate of drug-likeness (QED) is 0.868. The maximum Gasteiger partial charge on any atom is 0.154 e. The molecule has 0 radical (unpaired) electrons. The molecule has 4 nitrogen and oxygen atoms in total. The summed E-state index contributed by atoms with van der Waals surface area (Å²) >= 11 is 0. The molecule has 2 heterocycles. The second kappa shape index (κ2) is 7.54. The second-order valence-electron chi connectivity index (χ2n) is 6.06. The number of nitrogens with zero attached hydrogens (tertiary/aromatic N) is 3. The summed E-state index contributed by atoms with van der Waals surface area (Å²) in [5.41, 5.74) is 4.88. The molecule has 1 aromatic rings. The van der Waals surface area contributed by atoms with Crippen molar-refractivity contribution in [2.24, 2.45) is 0 Å². The van der Waals surface area contributed by atoms with E-state index in [-0.39, 0.29) is 0 Å². The van der Waals surface area contributed by atoms with Crippen LogP contribution in [0.5, 0.6) is 0 Å². The lowest BCUT2D eigenvalue weighted by Gasteiger charge is -2.33. The SMILES string of the molecule is CC=CC(=CC)Cc1nnc(N2CCNC(C)C2)c(C)c1C. The average Bonchev–Trinajstić information content (AvgIpc) is 2.51. The van der Waals surface area contributed by atoms with Gasteiger partial charge in [0.2, 0.25) is 0 Å². The molecule has 1 unspecified atom stereocenters. The Kier molecular flexibility index (Phi) is 5.72. The fraction of sp³-hybridized carbons (Fsp3) is 0.556. The maximum atomic E-state index is 4.54. The van der Waals surface area contributed by atoms with Crippen LogP contribution in [-0.4, -0.2) is 35.9 Å². The molecule has 1 fully saturated rings. The molecule has 1 saturated heterocycles. The number of nitrogens with one attached hydrogen (secondary N) is 1. The van der Waals surface area contributed by atoms with Gasteiger partial charge in [0.25, 0.3) is 0 Å². The first-order chi connectivity index (χ1) is 10.6. The van der Waals surface area contributed by atoms with Crippen molar-refractivity contribution in [1.82, 2.24) is 15.5 Å². The van der Waals surface area contributed by atoms with E-state index in [4.69, 9.17) is 0 Å². The van der Waals surface area contributed by atoms with Crippen LogP contribution in [0.3, 0.4) is 0 Å². The minimum Gasteiger partial charge on any atom is -0.352 e. The number of hydrogen-bond donors (Lipinski definition) is 1. The molecule has 120 valence electrons. The highest BCUT2D eigenvalue weighted by Crippen LogP contribution is 2.23. The molecule has 22 heavy (non-hydrogen) atoms. The van der Waals surface area contributed by atoms with Crippen molar-refractivity contribution in [1.29, 1.82) is 0 Å². The molecule has 0 spiro atoms. The normalized spacial score (nSPS) is 20.0. The summed E-state index contributed by atoms with van der Waals surface area (Å²) in [4.78, 5) is 2.35. The summed E-state index contributed by atoms with van der Waals surface area (Å²) in [5, 5.41) is 12.5. The molecule has 0 amide bonds. The summed E-state index contributed by atoms with van der Waals surface area (Å²) in [6.07, 6.45) is 7.20. The van der Waals surface area contributed by atoms with Crippen LogP contribution in [0.1, 0.15) is 37.6 Å². The first-order valence-corrected chi connectivity index (χ1v) is 8.15. The van der Waals surface area contributed by atoms with Crippen molar-refractivity contribution in [3.05, 3.63) is 40.6 Å². The lowest BCUT2D eigenvalue weighted by molar-refractivity contribution is 0.480. The maximum absolute atomic E-state index is 4.54. The van der Waals surface area contributed by atoms with Gasteiger partial charge in [-0.15, -0.1) is 5.10 Å². The highest BCUT2D eigenvalue weighted by molar-refractivity contribution is 5.51. The van der Waals surface area contributed by atoms with Crippen LogP contribution in [-0.2, 0) is 6.42 Å². The topological polar surface area (TPSA) is 41.1 Å². The van der Waals surface area contributed by atoms with Crippen LogP contribution in [0.25, 0.3) is 0 Å². The summed E-state index contributed by atoms with van der Waals surface area (Å²) in [7, 11) is 0. The fourth-order valence-corrected chi connectivity index (χ4v) is 2.90. The third kappa shape index (κ3) is 3.74. The Balaban J connectivity index is 2.25.